The van der Waals surface area contributed by atoms with Gasteiger partial charge in [0.15, 0.2) is 0 Å². The number of hydrogen-bond acceptors (Lipinski definition) is 7. The highest BCUT2D eigenvalue weighted by Crippen LogP contribution is 2.26. The Kier molecular flexibility index (Phi) is 2.52. The van der Waals surface area contributed by atoms with Crippen LogP contribution in [0.3, 0.4) is 0 Å². The van der Waals surface area contributed by atoms with E-state index in [0.29, 0.717) is 22.5 Å². The van der Waals surface area contributed by atoms with Gasteiger partial charge in [0.1, 0.15) is 6.20 Å². The Balaban J connectivity index is 2.53. The van der Waals surface area contributed by atoms with Crippen molar-refractivity contribution in [2.75, 3.05) is 5.73 Å². The van der Waals surface area contributed by atoms with Crippen molar-refractivity contribution in [3.8, 4) is 10.8 Å². The van der Waals surface area contributed by atoms with Crippen molar-refractivity contribution in [2.45, 2.75) is 13.5 Å². The molecule has 0 unspecified atom stereocenters. The third-order valence-corrected chi connectivity index (χ3v) is 2.72. The van der Waals surface area contributed by atoms with Crippen LogP contribution in [0.25, 0.3) is 10.8 Å². The van der Waals surface area contributed by atoms with E-state index in [0.717, 1.165) is 11.3 Å². The van der Waals surface area contributed by atoms with Crippen molar-refractivity contribution in [1.29, 1.82) is 0 Å². The van der Waals surface area contributed by atoms with Crippen LogP contribution < -0.4 is 5.73 Å². The second-order valence-corrected chi connectivity index (χ2v) is 3.90. The second-order valence-electron chi connectivity index (χ2n) is 2.89. The minimum atomic E-state index is -0.482. The molecule has 84 valence electrons. The molecule has 0 aliphatic rings. The molecule has 0 saturated heterocycles. The van der Waals surface area contributed by atoms with Crippen molar-refractivity contribution in [1.82, 2.24) is 19.7 Å². The quantitative estimate of drug-likeness (QED) is 0.630. The summed E-state index contributed by atoms with van der Waals surface area (Å²) >= 11 is 1.15. The molecule has 0 spiro atoms. The molecule has 0 fully saturated rings. The van der Waals surface area contributed by atoms with Gasteiger partial charge in [0.05, 0.1) is 6.54 Å². The molecule has 2 N–H and O–H groups in total. The lowest BCUT2D eigenvalue weighted by molar-refractivity contribution is -0.392. The smallest absolute Gasteiger partial charge is 0.343 e. The Labute approximate surface area is 93.9 Å². The maximum atomic E-state index is 10.7. The van der Waals surface area contributed by atoms with Gasteiger partial charge in [0, 0.05) is 0 Å². The molecule has 0 aromatic carbocycles. The average molecular weight is 240 g/mol. The molecule has 0 saturated carbocycles. The summed E-state index contributed by atoms with van der Waals surface area (Å²) in [6.45, 7) is 2.23. The van der Waals surface area contributed by atoms with Gasteiger partial charge in [-0.05, 0) is 11.8 Å². The summed E-state index contributed by atoms with van der Waals surface area (Å²) in [5, 5.41) is 19.0. The van der Waals surface area contributed by atoms with Crippen molar-refractivity contribution in [2.24, 2.45) is 0 Å². The van der Waals surface area contributed by atoms with Gasteiger partial charge >= 0.3 is 5.82 Å². The van der Waals surface area contributed by atoms with Crippen LogP contribution in [0, 0.1) is 10.1 Å². The Hall–Kier alpha value is -2.03. The van der Waals surface area contributed by atoms with E-state index in [4.69, 9.17) is 5.73 Å². The van der Waals surface area contributed by atoms with Gasteiger partial charge < -0.3 is 15.8 Å². The summed E-state index contributed by atoms with van der Waals surface area (Å²) in [5.41, 5.74) is 5.45. The molecule has 16 heavy (non-hydrogen) atoms. The number of imidazole rings is 1. The molecule has 2 rings (SSSR count). The van der Waals surface area contributed by atoms with Gasteiger partial charge in [-0.2, -0.15) is 0 Å². The zero-order valence-electron chi connectivity index (χ0n) is 8.32. The van der Waals surface area contributed by atoms with E-state index in [2.05, 4.69) is 15.2 Å². The van der Waals surface area contributed by atoms with E-state index >= 15 is 0 Å². The molecule has 8 nitrogen and oxygen atoms in total. The molecule has 0 aliphatic carbocycles. The standard InChI is InChI=1S/C7H8N6O2S/c1-2-12-4(13(14)15)3-9-5(12)6-10-11-7(8)16-6/h3H,2H2,1H3,(H2,8,11). The minimum Gasteiger partial charge on any atom is -0.374 e. The number of rotatable bonds is 3. The fourth-order valence-corrected chi connectivity index (χ4v) is 1.94. The summed E-state index contributed by atoms with van der Waals surface area (Å²) in [6.07, 6.45) is 1.20. The van der Waals surface area contributed by atoms with Crippen LogP contribution >= 0.6 is 11.3 Å². The lowest BCUT2D eigenvalue weighted by atomic mass is 10.6. The first-order valence-corrected chi connectivity index (χ1v) is 5.24. The van der Waals surface area contributed by atoms with Crippen LogP contribution in [0.5, 0.6) is 0 Å². The minimum absolute atomic E-state index is 0.0636. The summed E-state index contributed by atoms with van der Waals surface area (Å²) in [6, 6.07) is 0. The third kappa shape index (κ3) is 1.60. The van der Waals surface area contributed by atoms with Gasteiger partial charge in [0.25, 0.3) is 5.82 Å². The van der Waals surface area contributed by atoms with E-state index in [1.165, 1.54) is 10.8 Å². The average Bonchev–Trinajstić information content (AvgIpc) is 2.82. The van der Waals surface area contributed by atoms with Gasteiger partial charge in [0.2, 0.25) is 10.1 Å². The van der Waals surface area contributed by atoms with Crippen LogP contribution in [0.1, 0.15) is 6.92 Å². The van der Waals surface area contributed by atoms with Crippen LogP contribution in [0.2, 0.25) is 0 Å². The molecule has 0 aliphatic heterocycles. The number of aromatic nitrogens is 4. The molecule has 2 heterocycles. The zero-order valence-corrected chi connectivity index (χ0v) is 9.14. The first kappa shape index (κ1) is 10.5. The predicted molar refractivity (Wildman–Crippen MR) is 57.9 cm³/mol. The largest absolute Gasteiger partial charge is 0.374 e. The molecule has 2 aromatic heterocycles. The topological polar surface area (TPSA) is 113 Å². The summed E-state index contributed by atoms with van der Waals surface area (Å²) in [7, 11) is 0. The van der Waals surface area contributed by atoms with Crippen molar-refractivity contribution in [3.63, 3.8) is 0 Å². The van der Waals surface area contributed by atoms with Crippen LogP contribution in [0.4, 0.5) is 10.9 Å². The molecular weight excluding hydrogens is 232 g/mol. The number of nitro groups is 1. The molecule has 2 aromatic rings. The van der Waals surface area contributed by atoms with Crippen LogP contribution in [0.15, 0.2) is 6.20 Å². The Morgan fingerprint density at radius 1 is 1.62 bits per heavy atom. The van der Waals surface area contributed by atoms with Gasteiger partial charge in [-0.1, -0.05) is 11.3 Å². The predicted octanol–water partition coefficient (Wildman–Crippen LogP) is 0.912. The maximum Gasteiger partial charge on any atom is 0.343 e. The molecule has 0 atom stereocenters. The molecule has 0 amide bonds. The highest BCUT2D eigenvalue weighted by atomic mass is 32.1. The fraction of sp³-hybridized carbons (Fsp3) is 0.286. The lowest BCUT2D eigenvalue weighted by Crippen LogP contribution is -2.02. The van der Waals surface area contributed by atoms with Crippen LogP contribution in [-0.2, 0) is 6.54 Å². The van der Waals surface area contributed by atoms with E-state index in [1.807, 2.05) is 0 Å². The molecule has 9 heteroatoms. The van der Waals surface area contributed by atoms with Crippen molar-refractivity contribution in [3.05, 3.63) is 16.3 Å². The normalized spacial score (nSPS) is 10.6. The molecule has 0 bridgehead atoms. The summed E-state index contributed by atoms with van der Waals surface area (Å²) in [4.78, 5) is 14.2. The zero-order chi connectivity index (χ0) is 11.7. The summed E-state index contributed by atoms with van der Waals surface area (Å²) in [5.74, 6) is 0.356. The Bertz CT molecular complexity index is 533. The van der Waals surface area contributed by atoms with E-state index in [-0.39, 0.29) is 5.82 Å². The Morgan fingerprint density at radius 2 is 2.38 bits per heavy atom. The number of anilines is 1. The number of nitrogen functional groups attached to an aromatic ring is 1. The first-order valence-electron chi connectivity index (χ1n) is 4.42. The SMILES string of the molecule is CCn1c([N+](=O)[O-])cnc1-c1nnc(N)s1. The molecular formula is C7H8N6O2S. The van der Waals surface area contributed by atoms with Gasteiger partial charge in [-0.3, -0.25) is 0 Å². The van der Waals surface area contributed by atoms with Gasteiger partial charge in [-0.25, -0.2) is 9.55 Å². The highest BCUT2D eigenvalue weighted by molar-refractivity contribution is 7.18. The summed E-state index contributed by atoms with van der Waals surface area (Å²) < 4.78 is 1.46. The van der Waals surface area contributed by atoms with E-state index in [9.17, 15) is 10.1 Å². The molecule has 0 radical (unpaired) electrons. The number of nitrogens with zero attached hydrogens (tertiary/aromatic N) is 5. The third-order valence-electron chi connectivity index (χ3n) is 1.97. The first-order chi connectivity index (χ1) is 7.63. The number of nitrogens with two attached hydrogens (primary N) is 1. The second kappa shape index (κ2) is 3.85. The Morgan fingerprint density at radius 3 is 2.88 bits per heavy atom. The fourth-order valence-electron chi connectivity index (χ4n) is 1.32. The maximum absolute atomic E-state index is 10.7. The highest BCUT2D eigenvalue weighted by Gasteiger charge is 2.22. The van der Waals surface area contributed by atoms with Crippen molar-refractivity contribution >= 4 is 22.3 Å². The van der Waals surface area contributed by atoms with E-state index in [1.54, 1.807) is 6.92 Å². The van der Waals surface area contributed by atoms with Crippen LogP contribution in [-0.4, -0.2) is 24.7 Å². The monoisotopic (exact) mass is 240 g/mol. The van der Waals surface area contributed by atoms with E-state index < -0.39 is 4.92 Å². The van der Waals surface area contributed by atoms with Crippen molar-refractivity contribution < 1.29 is 4.92 Å². The van der Waals surface area contributed by atoms with Gasteiger partial charge in [-0.15, -0.1) is 10.2 Å². The lowest BCUT2D eigenvalue weighted by Gasteiger charge is -1.98. The number of hydrogen-bond donors (Lipinski definition) is 1.